The van der Waals surface area contributed by atoms with E-state index < -0.39 is 26.7 Å². The van der Waals surface area contributed by atoms with Gasteiger partial charge in [0.2, 0.25) is 21.5 Å². The maximum Gasteiger partial charge on any atom is 0.289 e. The summed E-state index contributed by atoms with van der Waals surface area (Å²) in [6.45, 7) is 1.73. The van der Waals surface area contributed by atoms with Crippen LogP contribution in [0.3, 0.4) is 0 Å². The van der Waals surface area contributed by atoms with E-state index in [2.05, 4.69) is 14.9 Å². The molecule has 6 rings (SSSR count). The monoisotopic (exact) mass is 799 g/mol. The van der Waals surface area contributed by atoms with Crippen molar-refractivity contribution in [2.24, 2.45) is 0 Å². The van der Waals surface area contributed by atoms with Gasteiger partial charge in [-0.15, -0.1) is 0 Å². The highest BCUT2D eigenvalue weighted by Gasteiger charge is 2.37. The van der Waals surface area contributed by atoms with Crippen LogP contribution in [0.15, 0.2) is 90.1 Å². The molecule has 1 saturated heterocycles. The molecule has 0 radical (unpaired) electrons. The van der Waals surface area contributed by atoms with E-state index in [1.54, 1.807) is 58.0 Å². The minimum atomic E-state index is -4.35. The fraction of sp³-hybridized carbons (Fsp3) is 0.317. The van der Waals surface area contributed by atoms with Crippen LogP contribution in [0.5, 0.6) is 34.5 Å². The molecular weight excluding hydrogens is 755 g/mol. The van der Waals surface area contributed by atoms with E-state index >= 15 is 0 Å². The SMILES string of the molecule is COc1cc(-c2cc(CN3CCC(N(Cc4ccnc(-c5cc(OC)c(OC)c(OC)c5)c4)S(=O)(=O)c4ccccc4[N+](=O)[O-])CC3)ccn2)cc(OC)c1OC. The summed E-state index contributed by atoms with van der Waals surface area (Å²) in [5, 5.41) is 12.1. The Balaban J connectivity index is 1.27. The summed E-state index contributed by atoms with van der Waals surface area (Å²) in [7, 11) is 4.89. The number of hydrogen-bond donors (Lipinski definition) is 0. The van der Waals surface area contributed by atoms with Crippen LogP contribution in [0.1, 0.15) is 24.0 Å². The fourth-order valence-electron chi connectivity index (χ4n) is 7.09. The molecule has 5 aromatic rings. The first-order valence-electron chi connectivity index (χ1n) is 18.0. The Hall–Kier alpha value is -5.97. The number of hydrogen-bond acceptors (Lipinski definition) is 13. The van der Waals surface area contributed by atoms with Gasteiger partial charge in [-0.25, -0.2) is 8.42 Å². The summed E-state index contributed by atoms with van der Waals surface area (Å²) < 4.78 is 63.6. The summed E-state index contributed by atoms with van der Waals surface area (Å²) in [4.78, 5) is 22.5. The molecule has 1 fully saturated rings. The molecule has 3 aromatic carbocycles. The van der Waals surface area contributed by atoms with Gasteiger partial charge in [0.05, 0.1) is 59.0 Å². The third-order valence-electron chi connectivity index (χ3n) is 9.93. The Kier molecular flexibility index (Phi) is 12.8. The molecule has 3 heterocycles. The Labute approximate surface area is 331 Å². The quantitative estimate of drug-likeness (QED) is 0.0773. The van der Waals surface area contributed by atoms with E-state index in [1.807, 2.05) is 24.3 Å². The summed E-state index contributed by atoms with van der Waals surface area (Å²) >= 11 is 0. The number of likely N-dealkylation sites (tertiary alicyclic amines) is 1. The zero-order chi connectivity index (χ0) is 40.7. The summed E-state index contributed by atoms with van der Waals surface area (Å²) in [6, 6.07) is 19.7. The van der Waals surface area contributed by atoms with Crippen LogP contribution in [0.4, 0.5) is 5.69 Å². The molecule has 0 spiro atoms. The average molecular weight is 800 g/mol. The van der Waals surface area contributed by atoms with Crippen molar-refractivity contribution < 1.29 is 41.8 Å². The topological polar surface area (TPSA) is 165 Å². The third kappa shape index (κ3) is 8.72. The van der Waals surface area contributed by atoms with Crippen molar-refractivity contribution in [2.75, 3.05) is 55.7 Å². The lowest BCUT2D eigenvalue weighted by molar-refractivity contribution is -0.387. The number of aromatic nitrogens is 2. The van der Waals surface area contributed by atoms with Gasteiger partial charge in [-0.2, -0.15) is 4.31 Å². The minimum absolute atomic E-state index is 0.0402. The molecule has 0 N–H and O–H groups in total. The first-order valence-corrected chi connectivity index (χ1v) is 19.5. The van der Waals surface area contributed by atoms with Gasteiger partial charge in [0.1, 0.15) is 0 Å². The number of methoxy groups -OCH3 is 6. The lowest BCUT2D eigenvalue weighted by atomic mass is 10.0. The maximum absolute atomic E-state index is 14.5. The Bertz CT molecular complexity index is 2280. The molecule has 0 unspecified atom stereocenters. The van der Waals surface area contributed by atoms with E-state index in [1.165, 1.54) is 49.9 Å². The van der Waals surface area contributed by atoms with Gasteiger partial charge < -0.3 is 28.4 Å². The highest BCUT2D eigenvalue weighted by molar-refractivity contribution is 7.89. The third-order valence-corrected chi connectivity index (χ3v) is 11.9. The number of nitrogens with zero attached hydrogens (tertiary/aromatic N) is 5. The fourth-order valence-corrected chi connectivity index (χ4v) is 8.92. The minimum Gasteiger partial charge on any atom is -0.493 e. The Morgan fingerprint density at radius 2 is 1.18 bits per heavy atom. The van der Waals surface area contributed by atoms with Crippen LogP contribution in [0, 0.1) is 10.1 Å². The van der Waals surface area contributed by atoms with Gasteiger partial charge in [0.25, 0.3) is 5.69 Å². The van der Waals surface area contributed by atoms with Crippen LogP contribution in [-0.2, 0) is 23.1 Å². The number of ether oxygens (including phenoxy) is 6. The van der Waals surface area contributed by atoms with E-state index in [0.717, 1.165) is 16.8 Å². The Morgan fingerprint density at radius 3 is 1.65 bits per heavy atom. The molecule has 300 valence electrons. The normalized spacial score (nSPS) is 13.6. The molecule has 1 aliphatic rings. The number of para-hydroxylation sites is 1. The van der Waals surface area contributed by atoms with Crippen molar-refractivity contribution in [1.29, 1.82) is 0 Å². The number of piperidine rings is 1. The molecular formula is C41H45N5O10S. The first kappa shape index (κ1) is 40.7. The zero-order valence-electron chi connectivity index (χ0n) is 32.6. The molecule has 2 aromatic heterocycles. The zero-order valence-corrected chi connectivity index (χ0v) is 33.4. The van der Waals surface area contributed by atoms with Crippen LogP contribution in [-0.4, -0.2) is 94.3 Å². The van der Waals surface area contributed by atoms with Gasteiger partial charge in [-0.1, -0.05) is 12.1 Å². The number of nitro benzene ring substituents is 1. The largest absolute Gasteiger partial charge is 0.493 e. The number of sulfonamides is 1. The predicted molar refractivity (Wildman–Crippen MR) is 213 cm³/mol. The molecule has 0 amide bonds. The van der Waals surface area contributed by atoms with E-state index in [9.17, 15) is 18.5 Å². The van der Waals surface area contributed by atoms with Crippen molar-refractivity contribution in [3.63, 3.8) is 0 Å². The highest BCUT2D eigenvalue weighted by atomic mass is 32.2. The molecule has 0 aliphatic carbocycles. The van der Waals surface area contributed by atoms with E-state index in [4.69, 9.17) is 28.4 Å². The van der Waals surface area contributed by atoms with Gasteiger partial charge in [0, 0.05) is 61.8 Å². The molecule has 16 heteroatoms. The summed E-state index contributed by atoms with van der Waals surface area (Å²) in [5.74, 6) is 2.84. The number of rotatable bonds is 16. The van der Waals surface area contributed by atoms with Gasteiger partial charge in [0.15, 0.2) is 27.9 Å². The predicted octanol–water partition coefficient (Wildman–Crippen LogP) is 6.63. The molecule has 0 saturated carbocycles. The van der Waals surface area contributed by atoms with Crippen molar-refractivity contribution in [3.05, 3.63) is 106 Å². The molecule has 1 aliphatic heterocycles. The second-order valence-corrected chi connectivity index (χ2v) is 15.1. The number of nitro groups is 1. The maximum atomic E-state index is 14.5. The second-order valence-electron chi connectivity index (χ2n) is 13.2. The van der Waals surface area contributed by atoms with Crippen molar-refractivity contribution >= 4 is 15.7 Å². The molecule has 0 bridgehead atoms. The van der Waals surface area contributed by atoms with Crippen LogP contribution in [0.25, 0.3) is 22.5 Å². The van der Waals surface area contributed by atoms with Gasteiger partial charge in [-0.3, -0.25) is 25.0 Å². The lowest BCUT2D eigenvalue weighted by Gasteiger charge is -2.38. The summed E-state index contributed by atoms with van der Waals surface area (Å²) in [5.41, 5.74) is 3.93. The number of pyridine rings is 2. The number of benzene rings is 3. The molecule has 57 heavy (non-hydrogen) atoms. The molecule has 15 nitrogen and oxygen atoms in total. The van der Waals surface area contributed by atoms with Gasteiger partial charge >= 0.3 is 0 Å². The summed E-state index contributed by atoms with van der Waals surface area (Å²) in [6.07, 6.45) is 4.35. The van der Waals surface area contributed by atoms with Crippen molar-refractivity contribution in [2.45, 2.75) is 36.9 Å². The highest BCUT2D eigenvalue weighted by Crippen LogP contribution is 2.42. The van der Waals surface area contributed by atoms with E-state index in [0.29, 0.717) is 83.8 Å². The lowest BCUT2D eigenvalue weighted by Crippen LogP contribution is -2.46. The van der Waals surface area contributed by atoms with Crippen molar-refractivity contribution in [3.8, 4) is 57.0 Å². The van der Waals surface area contributed by atoms with Crippen LogP contribution >= 0.6 is 0 Å². The van der Waals surface area contributed by atoms with E-state index in [-0.39, 0.29) is 11.4 Å². The Morgan fingerprint density at radius 1 is 0.702 bits per heavy atom. The molecule has 0 atom stereocenters. The van der Waals surface area contributed by atoms with Gasteiger partial charge in [-0.05, 0) is 78.6 Å². The van der Waals surface area contributed by atoms with Crippen molar-refractivity contribution in [1.82, 2.24) is 19.2 Å². The standard InChI is InChI=1S/C41H45N5O10S/c1-51-35-21-29(22-36(52-2)40(35)55-5)32-19-27(11-15-42-32)25-44-17-13-31(14-18-44)45(57(49,50)39-10-8-7-9-34(39)46(47)48)26-28-12-16-43-33(20-28)30-23-37(53-3)41(56-6)38(24-30)54-4/h7-12,15-16,19-24,31H,13-14,17-18,25-26H2,1-6H3. The first-order chi connectivity index (χ1) is 27.5. The van der Waals surface area contributed by atoms with Crippen LogP contribution < -0.4 is 28.4 Å². The smallest absolute Gasteiger partial charge is 0.289 e. The van der Waals surface area contributed by atoms with Crippen LogP contribution in [0.2, 0.25) is 0 Å². The average Bonchev–Trinajstić information content (AvgIpc) is 3.24. The second kappa shape index (κ2) is 17.9.